The highest BCUT2D eigenvalue weighted by atomic mass is 19.1. The van der Waals surface area contributed by atoms with Crippen LogP contribution in [0, 0.1) is 5.82 Å². The summed E-state index contributed by atoms with van der Waals surface area (Å²) in [5.41, 5.74) is 4.92. The molecule has 0 saturated carbocycles. The lowest BCUT2D eigenvalue weighted by molar-refractivity contribution is -0.142. The van der Waals surface area contributed by atoms with Gasteiger partial charge in [-0.05, 0) is 24.6 Å². The van der Waals surface area contributed by atoms with E-state index in [9.17, 15) is 14.3 Å². The van der Waals surface area contributed by atoms with Gasteiger partial charge in [0.15, 0.2) is 0 Å². The number of benzene rings is 1. The molecule has 1 aromatic rings. The fourth-order valence-corrected chi connectivity index (χ4v) is 2.15. The Bertz CT molecular complexity index is 480. The highest BCUT2D eigenvalue weighted by molar-refractivity contribution is 5.79. The number of aliphatic carboxylic acids is 1. The number of hydrogen-bond acceptors (Lipinski definition) is 4. The molecule has 1 saturated heterocycles. The van der Waals surface area contributed by atoms with Gasteiger partial charge in [0.25, 0.3) is 0 Å². The Morgan fingerprint density at radius 1 is 1.56 bits per heavy atom. The maximum absolute atomic E-state index is 13.1. The fraction of sp³-hybridized carbons (Fsp3) is 0.417. The molecule has 1 heterocycles. The van der Waals surface area contributed by atoms with E-state index in [2.05, 4.69) is 0 Å². The maximum atomic E-state index is 13.1. The Morgan fingerprint density at radius 3 is 2.89 bits per heavy atom. The molecule has 1 atom stereocenters. The summed E-state index contributed by atoms with van der Waals surface area (Å²) in [6.45, 7) is 0.993. The summed E-state index contributed by atoms with van der Waals surface area (Å²) in [4.78, 5) is 12.8. The number of nitrogens with two attached hydrogens (primary N) is 1. The number of aromatic hydroxyl groups is 1. The predicted molar refractivity (Wildman–Crippen MR) is 62.5 cm³/mol. The van der Waals surface area contributed by atoms with E-state index in [1.165, 1.54) is 18.2 Å². The minimum absolute atomic E-state index is 0.00115. The third-order valence-electron chi connectivity index (χ3n) is 3.24. The number of phenols is 1. The molecule has 5 nitrogen and oxygen atoms in total. The summed E-state index contributed by atoms with van der Waals surface area (Å²) < 4.78 is 13.1. The van der Waals surface area contributed by atoms with Crippen molar-refractivity contribution in [3.63, 3.8) is 0 Å². The van der Waals surface area contributed by atoms with Crippen LogP contribution in [-0.2, 0) is 11.3 Å². The van der Waals surface area contributed by atoms with Gasteiger partial charge in [-0.2, -0.15) is 0 Å². The van der Waals surface area contributed by atoms with Crippen molar-refractivity contribution in [2.45, 2.75) is 18.5 Å². The molecule has 6 heteroatoms. The van der Waals surface area contributed by atoms with Gasteiger partial charge >= 0.3 is 5.97 Å². The topological polar surface area (TPSA) is 86.8 Å². The molecule has 1 aliphatic heterocycles. The van der Waals surface area contributed by atoms with E-state index in [4.69, 9.17) is 10.8 Å². The summed E-state index contributed by atoms with van der Waals surface area (Å²) in [5.74, 6) is -1.46. The predicted octanol–water partition coefficient (Wildman–Crippen LogP) is 0.519. The standard InChI is InChI=1S/C12H15FN2O3/c13-9-1-2-10(16)8(5-9)6-15-4-3-12(14,7-15)11(17)18/h1-2,5,16H,3-4,6-7,14H2,(H,17,18). The van der Waals surface area contributed by atoms with Crippen LogP contribution in [0.4, 0.5) is 4.39 Å². The Labute approximate surface area is 104 Å². The van der Waals surface area contributed by atoms with E-state index in [-0.39, 0.29) is 18.8 Å². The van der Waals surface area contributed by atoms with Crippen molar-refractivity contribution in [3.05, 3.63) is 29.6 Å². The molecule has 1 aromatic carbocycles. The normalized spacial score (nSPS) is 24.3. The van der Waals surface area contributed by atoms with Crippen molar-refractivity contribution < 1.29 is 19.4 Å². The monoisotopic (exact) mass is 254 g/mol. The minimum Gasteiger partial charge on any atom is -0.508 e. The van der Waals surface area contributed by atoms with E-state index >= 15 is 0 Å². The summed E-state index contributed by atoms with van der Waals surface area (Å²) in [7, 11) is 0. The zero-order chi connectivity index (χ0) is 13.3. The molecule has 0 amide bonds. The second kappa shape index (κ2) is 4.55. The number of phenolic OH excluding ortho intramolecular Hbond substituents is 1. The van der Waals surface area contributed by atoms with Crippen LogP contribution >= 0.6 is 0 Å². The van der Waals surface area contributed by atoms with Gasteiger partial charge in [0.1, 0.15) is 17.1 Å². The van der Waals surface area contributed by atoms with Gasteiger partial charge in [0.2, 0.25) is 0 Å². The van der Waals surface area contributed by atoms with E-state index in [0.29, 0.717) is 18.5 Å². The summed E-state index contributed by atoms with van der Waals surface area (Å²) >= 11 is 0. The third kappa shape index (κ3) is 2.44. The third-order valence-corrected chi connectivity index (χ3v) is 3.24. The molecule has 1 unspecified atom stereocenters. The maximum Gasteiger partial charge on any atom is 0.325 e. The molecule has 0 bridgehead atoms. The van der Waals surface area contributed by atoms with E-state index in [1.807, 2.05) is 0 Å². The van der Waals surface area contributed by atoms with Gasteiger partial charge in [-0.1, -0.05) is 0 Å². The molecule has 18 heavy (non-hydrogen) atoms. The molecule has 4 N–H and O–H groups in total. The minimum atomic E-state index is -1.25. The first-order valence-corrected chi connectivity index (χ1v) is 5.63. The number of carboxylic acids is 1. The van der Waals surface area contributed by atoms with Crippen LogP contribution < -0.4 is 5.73 Å². The number of halogens is 1. The SMILES string of the molecule is NC1(C(=O)O)CCN(Cc2cc(F)ccc2O)C1. The van der Waals surface area contributed by atoms with Gasteiger partial charge < -0.3 is 15.9 Å². The zero-order valence-corrected chi connectivity index (χ0v) is 9.77. The van der Waals surface area contributed by atoms with Crippen LogP contribution in [0.3, 0.4) is 0 Å². The lowest BCUT2D eigenvalue weighted by Crippen LogP contribution is -2.50. The summed E-state index contributed by atoms with van der Waals surface area (Å²) in [6.07, 6.45) is 0.346. The molecule has 0 spiro atoms. The fourth-order valence-electron chi connectivity index (χ4n) is 2.15. The van der Waals surface area contributed by atoms with Crippen molar-refractivity contribution in [3.8, 4) is 5.75 Å². The van der Waals surface area contributed by atoms with Crippen LogP contribution in [0.1, 0.15) is 12.0 Å². The van der Waals surface area contributed by atoms with Crippen molar-refractivity contribution >= 4 is 5.97 Å². The van der Waals surface area contributed by atoms with Crippen molar-refractivity contribution in [2.75, 3.05) is 13.1 Å². The summed E-state index contributed by atoms with van der Waals surface area (Å²) in [6, 6.07) is 3.70. The molecule has 0 radical (unpaired) electrons. The van der Waals surface area contributed by atoms with Gasteiger partial charge in [-0.15, -0.1) is 0 Å². The number of rotatable bonds is 3. The molecular weight excluding hydrogens is 239 g/mol. The second-order valence-corrected chi connectivity index (χ2v) is 4.69. The largest absolute Gasteiger partial charge is 0.508 e. The lowest BCUT2D eigenvalue weighted by atomic mass is 10.0. The number of carbonyl (C=O) groups is 1. The molecule has 2 rings (SSSR count). The Hall–Kier alpha value is -1.66. The van der Waals surface area contributed by atoms with Crippen LogP contribution in [-0.4, -0.2) is 39.7 Å². The Kier molecular flexibility index (Phi) is 3.23. The van der Waals surface area contributed by atoms with Gasteiger partial charge in [-0.25, -0.2) is 4.39 Å². The van der Waals surface area contributed by atoms with Gasteiger partial charge in [-0.3, -0.25) is 9.69 Å². The van der Waals surface area contributed by atoms with Gasteiger partial charge in [0.05, 0.1) is 0 Å². The van der Waals surface area contributed by atoms with Crippen molar-refractivity contribution in [2.24, 2.45) is 5.73 Å². The number of likely N-dealkylation sites (tertiary alicyclic amines) is 1. The number of nitrogens with zero attached hydrogens (tertiary/aromatic N) is 1. The average Bonchev–Trinajstić information content (AvgIpc) is 2.67. The first-order valence-electron chi connectivity index (χ1n) is 5.63. The number of hydrogen-bond donors (Lipinski definition) is 3. The van der Waals surface area contributed by atoms with Crippen molar-refractivity contribution in [1.29, 1.82) is 0 Å². The smallest absolute Gasteiger partial charge is 0.325 e. The van der Waals surface area contributed by atoms with E-state index in [1.54, 1.807) is 4.90 Å². The van der Waals surface area contributed by atoms with Crippen LogP contribution in [0.5, 0.6) is 5.75 Å². The molecule has 1 fully saturated rings. The average molecular weight is 254 g/mol. The van der Waals surface area contributed by atoms with E-state index in [0.717, 1.165) is 0 Å². The number of carboxylic acid groups (broad SMARTS) is 1. The van der Waals surface area contributed by atoms with Crippen LogP contribution in [0.15, 0.2) is 18.2 Å². The molecule has 0 aromatic heterocycles. The first-order chi connectivity index (χ1) is 8.40. The quantitative estimate of drug-likeness (QED) is 0.732. The van der Waals surface area contributed by atoms with Crippen LogP contribution in [0.2, 0.25) is 0 Å². The second-order valence-electron chi connectivity index (χ2n) is 4.69. The Balaban J connectivity index is 2.08. The highest BCUT2D eigenvalue weighted by Crippen LogP contribution is 2.25. The Morgan fingerprint density at radius 2 is 2.28 bits per heavy atom. The molecule has 0 aliphatic carbocycles. The van der Waals surface area contributed by atoms with Crippen LogP contribution in [0.25, 0.3) is 0 Å². The highest BCUT2D eigenvalue weighted by Gasteiger charge is 2.41. The molecule has 1 aliphatic rings. The van der Waals surface area contributed by atoms with Gasteiger partial charge in [0, 0.05) is 25.2 Å². The molecule has 98 valence electrons. The lowest BCUT2D eigenvalue weighted by Gasteiger charge is -2.20. The van der Waals surface area contributed by atoms with Crippen molar-refractivity contribution in [1.82, 2.24) is 4.90 Å². The summed E-state index contributed by atoms with van der Waals surface area (Å²) in [5, 5.41) is 18.6. The first kappa shape index (κ1) is 12.8. The van der Waals surface area contributed by atoms with E-state index < -0.39 is 17.3 Å². The molecular formula is C12H15FN2O3. The zero-order valence-electron chi connectivity index (χ0n) is 9.77.